The first-order valence-electron chi connectivity index (χ1n) is 24.0. The second kappa shape index (κ2) is 54.3. The van der Waals surface area contributed by atoms with Gasteiger partial charge < -0.3 is 59.4 Å². The van der Waals surface area contributed by atoms with Crippen LogP contribution in [0.3, 0.4) is 0 Å². The minimum atomic E-state index is -1.03. The van der Waals surface area contributed by atoms with E-state index in [9.17, 15) is 59.4 Å². The summed E-state index contributed by atoms with van der Waals surface area (Å²) in [6.07, 6.45) is 19.1. The maximum atomic E-state index is 11.3. The predicted octanol–water partition coefficient (Wildman–Crippen LogP) is 4.11. The average molecular weight is 1270 g/mol. The largest absolute Gasteiger partial charge is 0.550 e. The van der Waals surface area contributed by atoms with Gasteiger partial charge in [-0.25, -0.2) is 0 Å². The summed E-state index contributed by atoms with van der Waals surface area (Å²) in [7, 11) is 0. The van der Waals surface area contributed by atoms with Crippen molar-refractivity contribution in [2.45, 2.75) is 203 Å². The van der Waals surface area contributed by atoms with Gasteiger partial charge in [0.25, 0.3) is 0 Å². The van der Waals surface area contributed by atoms with Gasteiger partial charge in [-0.2, -0.15) is 75.8 Å². The molecule has 0 N–H and O–H groups in total. The van der Waals surface area contributed by atoms with Crippen LogP contribution in [-0.2, 0) is 28.8 Å². The molecule has 0 aromatic rings. The van der Waals surface area contributed by atoms with Gasteiger partial charge in [-0.15, -0.1) is 0 Å². The molecule has 388 valence electrons. The summed E-state index contributed by atoms with van der Waals surface area (Å²) in [4.78, 5) is 64.7. The molecule has 0 saturated carbocycles. The van der Waals surface area contributed by atoms with Gasteiger partial charge in [0.2, 0.25) is 0 Å². The van der Waals surface area contributed by atoms with Crippen LogP contribution in [0.2, 0.25) is 8.87 Å². The SMILES string of the molecule is CCC[CH2][Sn+3].CCC[CH2][Sn+3].O=C([O-])CCCCCCC(CCS)(CCS)C(=O)[O-].O=C([O-])CCCCCCC(CCS)(CCS)C(=O)[O-].O=C([O-])CCCCCCC(CCS)(CCS)C(=O)[O-]. The van der Waals surface area contributed by atoms with E-state index in [2.05, 4.69) is 89.6 Å². The van der Waals surface area contributed by atoms with Crippen molar-refractivity contribution in [1.82, 2.24) is 0 Å². The Morgan fingerprint density at radius 1 is 0.328 bits per heavy atom. The molecule has 0 aliphatic carbocycles. The topological polar surface area (TPSA) is 241 Å². The van der Waals surface area contributed by atoms with Crippen molar-refractivity contribution in [3.8, 4) is 0 Å². The fourth-order valence-corrected chi connectivity index (χ4v) is 11.5. The Bertz CT molecular complexity index is 1060. The molecule has 0 rings (SSSR count). The predicted molar refractivity (Wildman–Crippen MR) is 282 cm³/mol. The van der Waals surface area contributed by atoms with Crippen LogP contribution in [0.1, 0.15) is 194 Å². The van der Waals surface area contributed by atoms with Crippen molar-refractivity contribution in [3.63, 3.8) is 0 Å². The first-order valence-corrected chi connectivity index (χ1v) is 31.8. The normalized spacial score (nSPS) is 11.0. The van der Waals surface area contributed by atoms with Gasteiger partial charge in [0.1, 0.15) is 0 Å². The summed E-state index contributed by atoms with van der Waals surface area (Å²) in [5, 5.41) is 64.7. The van der Waals surface area contributed by atoms with Gasteiger partial charge in [0.15, 0.2) is 0 Å². The smallest absolute Gasteiger partial charge is 0.0476 e. The number of carbonyl (C=O) groups excluding carboxylic acids is 6. The van der Waals surface area contributed by atoms with Crippen LogP contribution in [-0.4, -0.2) is 115 Å². The number of carboxylic acids is 6. The molecule has 0 atom stereocenters. The van der Waals surface area contributed by atoms with Gasteiger partial charge in [-0.05, 0) is 131 Å². The van der Waals surface area contributed by atoms with Gasteiger partial charge in [0.05, 0.1) is 0 Å². The first kappa shape index (κ1) is 76.4. The molecule has 12 nitrogen and oxygen atoms in total. The summed E-state index contributed by atoms with van der Waals surface area (Å²) in [5.74, 6) is -3.13. The molecule has 0 heterocycles. The second-order valence-electron chi connectivity index (χ2n) is 16.6. The van der Waals surface area contributed by atoms with Crippen molar-refractivity contribution in [1.29, 1.82) is 0 Å². The Morgan fingerprint density at radius 2 is 0.522 bits per heavy atom. The zero-order chi connectivity index (χ0) is 52.4. The molecule has 67 heavy (non-hydrogen) atoms. The van der Waals surface area contributed by atoms with E-state index in [4.69, 9.17) is 0 Å². The summed E-state index contributed by atoms with van der Waals surface area (Å²) < 4.78 is 2.87. The molecule has 0 bridgehead atoms. The molecule has 0 radical (unpaired) electrons. The molecule has 0 aliphatic rings. The number of carbonyl (C=O) groups is 6. The molecule has 0 fully saturated rings. The van der Waals surface area contributed by atoms with Crippen molar-refractivity contribution in [2.75, 3.05) is 34.5 Å². The van der Waals surface area contributed by atoms with Crippen molar-refractivity contribution < 1.29 is 59.4 Å². The van der Waals surface area contributed by atoms with Crippen LogP contribution < -0.4 is 30.6 Å². The van der Waals surface area contributed by atoms with Gasteiger partial charge in [-0.1, -0.05) is 57.8 Å². The fraction of sp³-hybridized carbons (Fsp3) is 0.872. The number of carboxylic acid groups (broad SMARTS) is 6. The van der Waals surface area contributed by atoms with Gasteiger partial charge in [0, 0.05) is 52.1 Å². The molecular weight excluding hydrogens is 1190 g/mol. The number of hydrogen-bond donors (Lipinski definition) is 6. The third kappa shape index (κ3) is 47.3. The van der Waals surface area contributed by atoms with Crippen molar-refractivity contribution >= 4 is 157 Å². The fourth-order valence-electron chi connectivity index (χ4n) is 6.94. The standard InChI is InChI=1S/3C13H24O4S2.2C4H9.2Sn/c3*14-11(15)5-3-1-2-4-6-13(7-9-18,8-10-19)12(16)17;2*1-3-4-2;;/h3*18-19H,1-10H2,(H,14,15)(H,16,17);2*1,3-4H2,2H3;;/q;;;;;2*+3/p-6. The molecule has 0 aliphatic heterocycles. The van der Waals surface area contributed by atoms with E-state index in [1.165, 1.54) is 34.6 Å². The molecule has 0 aromatic carbocycles. The van der Waals surface area contributed by atoms with Crippen molar-refractivity contribution in [2.24, 2.45) is 16.2 Å². The van der Waals surface area contributed by atoms with Crippen LogP contribution in [0.25, 0.3) is 0 Å². The minimum absolute atomic E-state index is 0.0684. The Balaban J connectivity index is -0.000000259. The van der Waals surface area contributed by atoms with E-state index in [0.29, 0.717) is 112 Å². The maximum Gasteiger partial charge on any atom is 0.0476 e. The monoisotopic (exact) mass is 1270 g/mol. The third-order valence-electron chi connectivity index (χ3n) is 11.3. The summed E-state index contributed by atoms with van der Waals surface area (Å²) in [6.45, 7) is 4.45. The van der Waals surface area contributed by atoms with E-state index >= 15 is 0 Å². The van der Waals surface area contributed by atoms with Crippen LogP contribution in [0.5, 0.6) is 0 Å². The second-order valence-corrected chi connectivity index (χ2v) is 22.1. The number of rotatable bonds is 40. The summed E-state index contributed by atoms with van der Waals surface area (Å²) in [5.41, 5.74) is -2.51. The zero-order valence-corrected chi connectivity index (χ0v) is 51.6. The number of aliphatic carboxylic acids is 6. The molecule has 0 amide bonds. The van der Waals surface area contributed by atoms with E-state index in [1.807, 2.05) is 0 Å². The van der Waals surface area contributed by atoms with E-state index in [-0.39, 0.29) is 19.3 Å². The molecular formula is C47H84O12S6Sn2. The van der Waals surface area contributed by atoms with Crippen LogP contribution >= 0.6 is 75.8 Å². The quantitative estimate of drug-likeness (QED) is 0.0289. The maximum absolute atomic E-state index is 11.3. The van der Waals surface area contributed by atoms with E-state index in [1.54, 1.807) is 45.0 Å². The Morgan fingerprint density at radius 3 is 0.642 bits per heavy atom. The Labute approximate surface area is 465 Å². The van der Waals surface area contributed by atoms with E-state index < -0.39 is 52.1 Å². The Kier molecular flexibility index (Phi) is 61.9. The number of hydrogen-bond acceptors (Lipinski definition) is 18. The van der Waals surface area contributed by atoms with Crippen LogP contribution in [0.15, 0.2) is 0 Å². The Hall–Kier alpha value is 0.517. The zero-order valence-electron chi connectivity index (χ0n) is 40.5. The molecule has 0 saturated heterocycles. The molecule has 0 unspecified atom stereocenters. The minimum Gasteiger partial charge on any atom is -0.550 e. The number of thiol groups is 6. The van der Waals surface area contributed by atoms with E-state index in [0.717, 1.165) is 57.8 Å². The van der Waals surface area contributed by atoms with Crippen LogP contribution in [0.4, 0.5) is 0 Å². The molecule has 20 heteroatoms. The summed E-state index contributed by atoms with van der Waals surface area (Å²) >= 11 is 28.1. The van der Waals surface area contributed by atoms with Crippen LogP contribution in [0, 0.1) is 16.2 Å². The molecule has 0 aromatic heterocycles. The van der Waals surface area contributed by atoms with Crippen molar-refractivity contribution in [3.05, 3.63) is 0 Å². The summed E-state index contributed by atoms with van der Waals surface area (Å²) in [6, 6.07) is 0. The molecule has 0 spiro atoms. The van der Waals surface area contributed by atoms with Gasteiger partial charge in [-0.3, -0.25) is 0 Å². The first-order chi connectivity index (χ1) is 31.8. The average Bonchev–Trinajstić information content (AvgIpc) is 3.25. The third-order valence-corrected chi connectivity index (χ3v) is 14.6. The van der Waals surface area contributed by atoms with Gasteiger partial charge >= 0.3 is 93.5 Å². The number of unbranched alkanes of at least 4 members (excludes halogenated alkanes) is 11.